The normalized spacial score (nSPS) is 11.7. The molecule has 1 heterocycles. The number of aromatic nitrogens is 1. The van der Waals surface area contributed by atoms with E-state index in [9.17, 15) is 22.0 Å². The fourth-order valence-electron chi connectivity index (χ4n) is 1.60. The highest BCUT2D eigenvalue weighted by molar-refractivity contribution is 5.61. The maximum Gasteiger partial charge on any atom is 0.416 e. The molecule has 0 fully saturated rings. The highest BCUT2D eigenvalue weighted by atomic mass is 19.4. The van der Waals surface area contributed by atoms with Crippen LogP contribution in [0.15, 0.2) is 42.6 Å². The Morgan fingerprint density at radius 2 is 1.80 bits per heavy atom. The van der Waals surface area contributed by atoms with Gasteiger partial charge in [0.2, 0.25) is 0 Å². The van der Waals surface area contributed by atoms with Crippen molar-refractivity contribution >= 4 is 0 Å². The van der Waals surface area contributed by atoms with Crippen LogP contribution >= 0.6 is 0 Å². The van der Waals surface area contributed by atoms with Crippen molar-refractivity contribution in [1.29, 1.82) is 0 Å². The van der Waals surface area contributed by atoms with Crippen LogP contribution in [0.25, 0.3) is 11.3 Å². The summed E-state index contributed by atoms with van der Waals surface area (Å²) in [5, 5.41) is 0. The predicted octanol–water partition coefficient (Wildman–Crippen LogP) is 4.37. The minimum absolute atomic E-state index is 0.120. The molecule has 0 aliphatic heterocycles. The molecule has 0 unspecified atom stereocenters. The van der Waals surface area contributed by atoms with Crippen molar-refractivity contribution in [3.8, 4) is 17.0 Å². The fraction of sp³-hybridized carbons (Fsp3) is 0.154. The Kier molecular flexibility index (Phi) is 3.87. The molecule has 0 N–H and O–H groups in total. The summed E-state index contributed by atoms with van der Waals surface area (Å²) in [6.07, 6.45) is -3.29. The molecular formula is C13H8F5NO. The van der Waals surface area contributed by atoms with Crippen molar-refractivity contribution in [1.82, 2.24) is 4.98 Å². The van der Waals surface area contributed by atoms with E-state index in [0.29, 0.717) is 0 Å². The third kappa shape index (κ3) is 3.43. The zero-order chi connectivity index (χ0) is 14.8. The molecule has 1 aromatic heterocycles. The van der Waals surface area contributed by atoms with Crippen LogP contribution in [0.3, 0.4) is 0 Å². The Bertz CT molecular complexity index is 597. The van der Waals surface area contributed by atoms with Crippen LogP contribution in [0.5, 0.6) is 5.75 Å². The number of rotatable bonds is 3. The summed E-state index contributed by atoms with van der Waals surface area (Å²) in [5.41, 5.74) is -0.550. The average Bonchev–Trinajstić information content (AvgIpc) is 2.37. The first-order chi connectivity index (χ1) is 9.36. The van der Waals surface area contributed by atoms with Gasteiger partial charge in [0.05, 0.1) is 11.3 Å². The summed E-state index contributed by atoms with van der Waals surface area (Å²) in [5.74, 6) is -0.164. The number of hydrogen-bond acceptors (Lipinski definition) is 2. The smallest absolute Gasteiger partial charge is 0.416 e. The number of hydrogen-bond donors (Lipinski definition) is 0. The zero-order valence-electron chi connectivity index (χ0n) is 9.86. The monoisotopic (exact) mass is 289 g/mol. The van der Waals surface area contributed by atoms with Crippen LogP contribution in [0, 0.1) is 0 Å². The summed E-state index contributed by atoms with van der Waals surface area (Å²) < 4.78 is 66.1. The second kappa shape index (κ2) is 5.44. The van der Waals surface area contributed by atoms with Gasteiger partial charge in [-0.2, -0.15) is 22.0 Å². The third-order valence-electron chi connectivity index (χ3n) is 2.44. The first-order valence-electron chi connectivity index (χ1n) is 5.45. The topological polar surface area (TPSA) is 22.1 Å². The van der Waals surface area contributed by atoms with Crippen LogP contribution in [0.2, 0.25) is 0 Å². The fourth-order valence-corrected chi connectivity index (χ4v) is 1.60. The van der Waals surface area contributed by atoms with E-state index in [4.69, 9.17) is 0 Å². The molecule has 0 aliphatic rings. The maximum atomic E-state index is 12.6. The number of pyridine rings is 1. The summed E-state index contributed by atoms with van der Waals surface area (Å²) >= 11 is 0. The van der Waals surface area contributed by atoms with Gasteiger partial charge in [-0.25, -0.2) is 0 Å². The van der Waals surface area contributed by atoms with Crippen molar-refractivity contribution < 1.29 is 26.7 Å². The Morgan fingerprint density at radius 1 is 1.05 bits per heavy atom. The van der Waals surface area contributed by atoms with E-state index in [2.05, 4.69) is 9.72 Å². The Balaban J connectivity index is 2.36. The van der Waals surface area contributed by atoms with Crippen LogP contribution < -0.4 is 4.74 Å². The Hall–Kier alpha value is -2.18. The van der Waals surface area contributed by atoms with Gasteiger partial charge in [-0.05, 0) is 18.2 Å². The van der Waals surface area contributed by atoms with Gasteiger partial charge < -0.3 is 4.74 Å². The minimum Gasteiger partial charge on any atom is -0.435 e. The molecule has 0 aliphatic carbocycles. The third-order valence-corrected chi connectivity index (χ3v) is 2.44. The zero-order valence-corrected chi connectivity index (χ0v) is 9.86. The van der Waals surface area contributed by atoms with Gasteiger partial charge in [-0.3, -0.25) is 4.98 Å². The van der Waals surface area contributed by atoms with Crippen LogP contribution in [-0.2, 0) is 6.18 Å². The summed E-state index contributed by atoms with van der Waals surface area (Å²) in [4.78, 5) is 3.85. The van der Waals surface area contributed by atoms with Crippen molar-refractivity contribution in [3.63, 3.8) is 0 Å². The summed E-state index contributed by atoms with van der Waals surface area (Å²) in [6.45, 7) is -3.01. The van der Waals surface area contributed by atoms with E-state index in [1.165, 1.54) is 24.4 Å². The SMILES string of the molecule is FC(F)Oc1ccnc(-c2cccc(C(F)(F)F)c2)c1. The first kappa shape index (κ1) is 14.2. The minimum atomic E-state index is -4.48. The molecule has 2 aromatic rings. The molecule has 0 bridgehead atoms. The number of ether oxygens (including phenoxy) is 1. The van der Waals surface area contributed by atoms with Crippen LogP contribution in [0.1, 0.15) is 5.56 Å². The highest BCUT2D eigenvalue weighted by Crippen LogP contribution is 2.32. The Labute approximate surface area is 110 Å². The molecule has 2 nitrogen and oxygen atoms in total. The van der Waals surface area contributed by atoms with E-state index >= 15 is 0 Å². The standard InChI is InChI=1S/C13H8F5NO/c14-12(15)20-10-4-5-19-11(7-10)8-2-1-3-9(6-8)13(16,17)18/h1-7,12H. The average molecular weight is 289 g/mol. The molecule has 0 amide bonds. The maximum absolute atomic E-state index is 12.6. The summed E-state index contributed by atoms with van der Waals surface area (Å²) in [6, 6.07) is 6.80. The molecule has 20 heavy (non-hydrogen) atoms. The quantitative estimate of drug-likeness (QED) is 0.783. The van der Waals surface area contributed by atoms with Gasteiger partial charge in [-0.1, -0.05) is 12.1 Å². The van der Waals surface area contributed by atoms with Crippen LogP contribution in [-0.4, -0.2) is 11.6 Å². The molecule has 0 saturated heterocycles. The molecule has 0 saturated carbocycles. The lowest BCUT2D eigenvalue weighted by atomic mass is 10.1. The van der Waals surface area contributed by atoms with Crippen molar-refractivity contribution in [2.45, 2.75) is 12.8 Å². The lowest BCUT2D eigenvalue weighted by Gasteiger charge is -2.09. The van der Waals surface area contributed by atoms with E-state index in [0.717, 1.165) is 18.2 Å². The molecule has 2 rings (SSSR count). The molecule has 1 aromatic carbocycles. The lowest BCUT2D eigenvalue weighted by Crippen LogP contribution is -2.05. The van der Waals surface area contributed by atoms with Crippen molar-refractivity contribution in [2.24, 2.45) is 0 Å². The molecule has 0 atom stereocenters. The van der Waals surface area contributed by atoms with E-state index < -0.39 is 18.4 Å². The largest absolute Gasteiger partial charge is 0.435 e. The number of halogens is 5. The molecule has 7 heteroatoms. The number of alkyl halides is 5. The predicted molar refractivity (Wildman–Crippen MR) is 61.3 cm³/mol. The molecular weight excluding hydrogens is 281 g/mol. The summed E-state index contributed by atoms with van der Waals surface area (Å²) in [7, 11) is 0. The van der Waals surface area contributed by atoms with Crippen molar-refractivity contribution in [2.75, 3.05) is 0 Å². The first-order valence-corrected chi connectivity index (χ1v) is 5.45. The molecule has 0 spiro atoms. The van der Waals surface area contributed by atoms with E-state index in [1.807, 2.05) is 0 Å². The Morgan fingerprint density at radius 3 is 2.45 bits per heavy atom. The van der Waals surface area contributed by atoms with Gasteiger partial charge in [0.1, 0.15) is 5.75 Å². The van der Waals surface area contributed by atoms with Gasteiger partial charge in [-0.15, -0.1) is 0 Å². The number of benzene rings is 1. The van der Waals surface area contributed by atoms with E-state index in [1.54, 1.807) is 0 Å². The van der Waals surface area contributed by atoms with Gasteiger partial charge >= 0.3 is 12.8 Å². The highest BCUT2D eigenvalue weighted by Gasteiger charge is 2.30. The van der Waals surface area contributed by atoms with Gasteiger partial charge in [0.15, 0.2) is 0 Å². The van der Waals surface area contributed by atoms with Crippen LogP contribution in [0.4, 0.5) is 22.0 Å². The van der Waals surface area contributed by atoms with E-state index in [-0.39, 0.29) is 17.0 Å². The molecule has 0 radical (unpaired) electrons. The van der Waals surface area contributed by atoms with Crippen molar-refractivity contribution in [3.05, 3.63) is 48.2 Å². The van der Waals surface area contributed by atoms with Gasteiger partial charge in [0.25, 0.3) is 0 Å². The van der Waals surface area contributed by atoms with Gasteiger partial charge in [0, 0.05) is 17.8 Å². The molecule has 106 valence electrons. The second-order valence-electron chi connectivity index (χ2n) is 3.83. The lowest BCUT2D eigenvalue weighted by molar-refractivity contribution is -0.137. The number of nitrogens with zero attached hydrogens (tertiary/aromatic N) is 1. The second-order valence-corrected chi connectivity index (χ2v) is 3.83.